The second-order valence-corrected chi connectivity index (χ2v) is 6.34. The van der Waals surface area contributed by atoms with Crippen molar-refractivity contribution in [2.45, 2.75) is 44.3 Å². The Labute approximate surface area is 121 Å². The van der Waals surface area contributed by atoms with Gasteiger partial charge in [0.1, 0.15) is 0 Å². The maximum atomic E-state index is 12.8. The van der Waals surface area contributed by atoms with E-state index in [4.69, 9.17) is 0 Å². The molecular weight excluding hydrogens is 285 g/mol. The fourth-order valence-electron chi connectivity index (χ4n) is 3.34. The van der Waals surface area contributed by atoms with Crippen molar-refractivity contribution in [2.24, 2.45) is 11.8 Å². The summed E-state index contributed by atoms with van der Waals surface area (Å²) in [6.07, 6.45) is -1.67. The number of amides is 2. The van der Waals surface area contributed by atoms with Gasteiger partial charge in [0.25, 0.3) is 0 Å². The van der Waals surface area contributed by atoms with E-state index in [-0.39, 0.29) is 37.2 Å². The molecular formula is C14H19F3N2O2. The lowest BCUT2D eigenvalue weighted by atomic mass is 9.96. The van der Waals surface area contributed by atoms with E-state index in [1.165, 1.54) is 4.90 Å². The van der Waals surface area contributed by atoms with Gasteiger partial charge in [-0.3, -0.25) is 9.59 Å². The molecule has 3 fully saturated rings. The number of halogens is 3. The summed E-state index contributed by atoms with van der Waals surface area (Å²) in [5.74, 6) is -2.18. The Morgan fingerprint density at radius 3 is 2.48 bits per heavy atom. The predicted molar refractivity (Wildman–Crippen MR) is 68.2 cm³/mol. The van der Waals surface area contributed by atoms with Gasteiger partial charge in [-0.05, 0) is 25.7 Å². The highest BCUT2D eigenvalue weighted by Gasteiger charge is 2.46. The number of hydrogen-bond donors (Lipinski definition) is 0. The van der Waals surface area contributed by atoms with Crippen molar-refractivity contribution < 1.29 is 22.8 Å². The first-order valence-electron chi connectivity index (χ1n) is 7.51. The summed E-state index contributed by atoms with van der Waals surface area (Å²) in [7, 11) is 0. The van der Waals surface area contributed by atoms with E-state index in [0.29, 0.717) is 19.5 Å². The Kier molecular flexibility index (Phi) is 3.61. The SMILES string of the molecule is O=C([C@@H]1CC(=O)N(C2CC2)C1)N1CCC[C@@H](C(F)(F)F)C1. The number of carbonyl (C=O) groups is 2. The molecule has 0 bridgehead atoms. The van der Waals surface area contributed by atoms with Crippen LogP contribution in [0.4, 0.5) is 13.2 Å². The number of nitrogens with zero attached hydrogens (tertiary/aromatic N) is 2. The van der Waals surface area contributed by atoms with Crippen LogP contribution in [0.15, 0.2) is 0 Å². The zero-order chi connectivity index (χ0) is 15.2. The van der Waals surface area contributed by atoms with Crippen LogP contribution in [0.3, 0.4) is 0 Å². The molecule has 3 rings (SSSR count). The van der Waals surface area contributed by atoms with Crippen LogP contribution < -0.4 is 0 Å². The number of carbonyl (C=O) groups excluding carboxylic acids is 2. The van der Waals surface area contributed by atoms with E-state index in [0.717, 1.165) is 12.8 Å². The van der Waals surface area contributed by atoms with Crippen molar-refractivity contribution in [3.8, 4) is 0 Å². The summed E-state index contributed by atoms with van der Waals surface area (Å²) in [5.41, 5.74) is 0. The van der Waals surface area contributed by atoms with Crippen molar-refractivity contribution >= 4 is 11.8 Å². The number of alkyl halides is 3. The van der Waals surface area contributed by atoms with Gasteiger partial charge in [0.15, 0.2) is 0 Å². The average molecular weight is 304 g/mol. The summed E-state index contributed by atoms with van der Waals surface area (Å²) >= 11 is 0. The van der Waals surface area contributed by atoms with Crippen molar-refractivity contribution in [3.05, 3.63) is 0 Å². The van der Waals surface area contributed by atoms with Crippen LogP contribution in [-0.2, 0) is 9.59 Å². The van der Waals surface area contributed by atoms with Gasteiger partial charge in [0.2, 0.25) is 11.8 Å². The maximum Gasteiger partial charge on any atom is 0.393 e. The highest BCUT2D eigenvalue weighted by molar-refractivity contribution is 5.89. The quantitative estimate of drug-likeness (QED) is 0.780. The molecule has 0 aromatic heterocycles. The zero-order valence-electron chi connectivity index (χ0n) is 11.7. The van der Waals surface area contributed by atoms with Crippen LogP contribution in [-0.4, -0.2) is 53.5 Å². The molecule has 118 valence electrons. The molecule has 2 amide bonds. The molecule has 0 aromatic rings. The van der Waals surface area contributed by atoms with E-state index in [2.05, 4.69) is 0 Å². The lowest BCUT2D eigenvalue weighted by Crippen LogP contribution is -2.47. The monoisotopic (exact) mass is 304 g/mol. The van der Waals surface area contributed by atoms with Crippen LogP contribution >= 0.6 is 0 Å². The largest absolute Gasteiger partial charge is 0.393 e. The van der Waals surface area contributed by atoms with Crippen LogP contribution in [0.25, 0.3) is 0 Å². The number of hydrogen-bond acceptors (Lipinski definition) is 2. The number of likely N-dealkylation sites (tertiary alicyclic amines) is 2. The first-order chi connectivity index (χ1) is 9.86. The van der Waals surface area contributed by atoms with E-state index in [1.807, 2.05) is 0 Å². The first kappa shape index (κ1) is 14.7. The Morgan fingerprint density at radius 2 is 1.86 bits per heavy atom. The minimum absolute atomic E-state index is 0.0276. The summed E-state index contributed by atoms with van der Waals surface area (Å²) < 4.78 is 38.4. The molecule has 2 aliphatic heterocycles. The minimum Gasteiger partial charge on any atom is -0.342 e. The molecule has 21 heavy (non-hydrogen) atoms. The second kappa shape index (κ2) is 5.18. The molecule has 0 radical (unpaired) electrons. The average Bonchev–Trinajstić information content (AvgIpc) is 3.20. The molecule has 2 saturated heterocycles. The number of rotatable bonds is 2. The van der Waals surface area contributed by atoms with E-state index < -0.39 is 18.0 Å². The van der Waals surface area contributed by atoms with Gasteiger partial charge in [0, 0.05) is 32.1 Å². The lowest BCUT2D eigenvalue weighted by Gasteiger charge is -2.35. The Hall–Kier alpha value is -1.27. The van der Waals surface area contributed by atoms with E-state index in [1.54, 1.807) is 4.90 Å². The van der Waals surface area contributed by atoms with Crippen molar-refractivity contribution in [1.29, 1.82) is 0 Å². The zero-order valence-corrected chi connectivity index (χ0v) is 11.7. The van der Waals surface area contributed by atoms with Crippen molar-refractivity contribution in [3.63, 3.8) is 0 Å². The van der Waals surface area contributed by atoms with Gasteiger partial charge in [-0.1, -0.05) is 0 Å². The summed E-state index contributed by atoms with van der Waals surface area (Å²) in [4.78, 5) is 27.3. The normalized spacial score (nSPS) is 30.9. The minimum atomic E-state index is -4.25. The molecule has 4 nitrogen and oxygen atoms in total. The Balaban J connectivity index is 1.61. The lowest BCUT2D eigenvalue weighted by molar-refractivity contribution is -0.188. The fourth-order valence-corrected chi connectivity index (χ4v) is 3.34. The molecule has 7 heteroatoms. The molecule has 1 saturated carbocycles. The number of piperidine rings is 1. The molecule has 1 aliphatic carbocycles. The predicted octanol–water partition coefficient (Wildman–Crippen LogP) is 1.80. The Morgan fingerprint density at radius 1 is 1.14 bits per heavy atom. The standard InChI is InChI=1S/C14H19F3N2O2/c15-14(16,17)10-2-1-5-18(8-10)13(21)9-6-12(20)19(7-9)11-3-4-11/h9-11H,1-8H2/t9-,10-/m1/s1. The maximum absolute atomic E-state index is 12.8. The molecule has 0 N–H and O–H groups in total. The van der Waals surface area contributed by atoms with Gasteiger partial charge in [0.05, 0.1) is 11.8 Å². The highest BCUT2D eigenvalue weighted by atomic mass is 19.4. The first-order valence-corrected chi connectivity index (χ1v) is 7.51. The molecule has 2 atom stereocenters. The van der Waals surface area contributed by atoms with Crippen LogP contribution in [0.1, 0.15) is 32.1 Å². The van der Waals surface area contributed by atoms with Crippen LogP contribution in [0.2, 0.25) is 0 Å². The third-order valence-electron chi connectivity index (χ3n) is 4.69. The highest BCUT2D eigenvalue weighted by Crippen LogP contribution is 2.36. The van der Waals surface area contributed by atoms with Gasteiger partial charge < -0.3 is 9.80 Å². The summed E-state index contributed by atoms with van der Waals surface area (Å²) in [6.45, 7) is 0.505. The molecule has 0 spiro atoms. The molecule has 3 aliphatic rings. The molecule has 0 unspecified atom stereocenters. The second-order valence-electron chi connectivity index (χ2n) is 6.34. The van der Waals surface area contributed by atoms with Crippen LogP contribution in [0.5, 0.6) is 0 Å². The van der Waals surface area contributed by atoms with E-state index >= 15 is 0 Å². The van der Waals surface area contributed by atoms with Gasteiger partial charge in [-0.2, -0.15) is 13.2 Å². The van der Waals surface area contributed by atoms with Gasteiger partial charge in [-0.15, -0.1) is 0 Å². The summed E-state index contributed by atoms with van der Waals surface area (Å²) in [5, 5.41) is 0. The van der Waals surface area contributed by atoms with Crippen molar-refractivity contribution in [2.75, 3.05) is 19.6 Å². The molecule has 0 aromatic carbocycles. The fraction of sp³-hybridized carbons (Fsp3) is 0.857. The van der Waals surface area contributed by atoms with Gasteiger partial charge >= 0.3 is 6.18 Å². The smallest absolute Gasteiger partial charge is 0.342 e. The third-order valence-corrected chi connectivity index (χ3v) is 4.69. The third kappa shape index (κ3) is 3.01. The van der Waals surface area contributed by atoms with Gasteiger partial charge in [-0.25, -0.2) is 0 Å². The topological polar surface area (TPSA) is 40.6 Å². The molecule has 2 heterocycles. The Bertz CT molecular complexity index is 448. The van der Waals surface area contributed by atoms with Crippen LogP contribution in [0, 0.1) is 11.8 Å². The summed E-state index contributed by atoms with van der Waals surface area (Å²) in [6, 6.07) is 0.263. The van der Waals surface area contributed by atoms with Crippen molar-refractivity contribution in [1.82, 2.24) is 9.80 Å². The van der Waals surface area contributed by atoms with E-state index in [9.17, 15) is 22.8 Å².